The van der Waals surface area contributed by atoms with Crippen molar-refractivity contribution in [3.8, 4) is 0 Å². The van der Waals surface area contributed by atoms with Gasteiger partial charge in [-0.25, -0.2) is 0 Å². The van der Waals surface area contributed by atoms with Gasteiger partial charge in [0, 0.05) is 5.92 Å². The van der Waals surface area contributed by atoms with Gasteiger partial charge in [0.2, 0.25) is 0 Å². The summed E-state index contributed by atoms with van der Waals surface area (Å²) in [5.74, 6) is -1.28. The monoisotopic (exact) mass is 1110 g/mol. The Kier molecular flexibility index (Phi) is 20.4. The van der Waals surface area contributed by atoms with E-state index in [1.54, 1.807) is 6.92 Å². The molecule has 0 aromatic heterocycles. The van der Waals surface area contributed by atoms with Gasteiger partial charge in [0.15, 0.2) is 37.7 Å². The molecular formula is C44H74O32. The van der Waals surface area contributed by atoms with Crippen LogP contribution in [0, 0.1) is 5.92 Å². The van der Waals surface area contributed by atoms with Crippen LogP contribution in [0.2, 0.25) is 0 Å². The first-order valence-electron chi connectivity index (χ1n) is 25.2. The van der Waals surface area contributed by atoms with E-state index >= 15 is 0 Å². The van der Waals surface area contributed by atoms with E-state index in [1.165, 1.54) is 6.92 Å². The van der Waals surface area contributed by atoms with Gasteiger partial charge in [-0.3, -0.25) is 0 Å². The summed E-state index contributed by atoms with van der Waals surface area (Å²) in [4.78, 5) is 0. The first-order valence-corrected chi connectivity index (χ1v) is 25.2. The third kappa shape index (κ3) is 11.7. The van der Waals surface area contributed by atoms with Crippen LogP contribution in [0.5, 0.6) is 0 Å². The molecule has 0 amide bonds. The second kappa shape index (κ2) is 25.5. The van der Waals surface area contributed by atoms with Crippen LogP contribution in [0.1, 0.15) is 26.7 Å². The summed E-state index contributed by atoms with van der Waals surface area (Å²) < 4.78 is 75.5. The number of ether oxygens (including phenoxy) is 13. The van der Waals surface area contributed by atoms with Gasteiger partial charge in [-0.05, 0) is 19.8 Å². The molecule has 19 N–H and O–H groups in total. The minimum atomic E-state index is -2.16. The second-order valence-corrected chi connectivity index (χ2v) is 20.3. The Labute approximate surface area is 432 Å². The van der Waals surface area contributed by atoms with Gasteiger partial charge < -0.3 is 159 Å². The molecule has 0 radical (unpaired) electrons. The van der Waals surface area contributed by atoms with Crippen LogP contribution in [-0.2, 0) is 61.6 Å². The summed E-state index contributed by atoms with van der Waals surface area (Å²) in [6, 6.07) is 0. The molecule has 21 aliphatic heterocycles. The summed E-state index contributed by atoms with van der Waals surface area (Å²) in [6.07, 6.45) is -62.5. The fraction of sp³-hybridized carbons (Fsp3) is 1.00. The van der Waals surface area contributed by atoms with Crippen molar-refractivity contribution in [2.24, 2.45) is 5.92 Å². The van der Waals surface area contributed by atoms with Gasteiger partial charge in [0.1, 0.15) is 140 Å². The highest BCUT2D eigenvalue weighted by molar-refractivity contribution is 5.02. The lowest BCUT2D eigenvalue weighted by molar-refractivity contribution is -0.396. The average Bonchev–Trinajstić information content (AvgIpc) is 3.42. The largest absolute Gasteiger partial charge is 0.394 e. The van der Waals surface area contributed by atoms with Gasteiger partial charge >= 0.3 is 0 Å². The van der Waals surface area contributed by atoms with E-state index in [0.29, 0.717) is 0 Å². The molecule has 76 heavy (non-hydrogen) atoms. The predicted octanol–water partition coefficient (Wildman–Crippen LogP) is -12.1. The van der Waals surface area contributed by atoms with Crippen LogP contribution < -0.4 is 0 Å². The third-order valence-corrected chi connectivity index (χ3v) is 15.5. The maximum absolute atomic E-state index is 11.4. The lowest BCUT2D eigenvalue weighted by Crippen LogP contribution is -2.68. The van der Waals surface area contributed by atoms with E-state index in [4.69, 9.17) is 61.6 Å². The van der Waals surface area contributed by atoms with E-state index in [2.05, 4.69) is 0 Å². The molecule has 21 saturated heterocycles. The van der Waals surface area contributed by atoms with Gasteiger partial charge in [-0.1, -0.05) is 6.92 Å². The summed E-state index contributed by atoms with van der Waals surface area (Å²) >= 11 is 0. The van der Waals surface area contributed by atoms with Crippen LogP contribution in [0.3, 0.4) is 0 Å². The highest BCUT2D eigenvalue weighted by Crippen LogP contribution is 2.40. The molecule has 32 heteroatoms. The smallest absolute Gasteiger partial charge is 0.187 e. The Bertz CT molecular complexity index is 1800. The SMILES string of the molecule is CCC1OC2OC3C(CO)OC(OC4C(C)OC(CC5C(CO)OC(OC6C(CO)OC(OC7C(CO)OC(OC8C(CO)OC(OC1C(O)C2O)C(O)C8O)C(O)C7O)C(O)C6O)C(O)C5O)C(O)C4O)C(O)C3O. The molecule has 21 rings (SSSR count). The zero-order valence-electron chi connectivity index (χ0n) is 41.0. The highest BCUT2D eigenvalue weighted by atomic mass is 16.8. The Hall–Kier alpha value is -1.28. The fourth-order valence-corrected chi connectivity index (χ4v) is 11.1. The Morgan fingerprint density at radius 1 is 0.276 bits per heavy atom. The summed E-state index contributed by atoms with van der Waals surface area (Å²) in [7, 11) is 0. The zero-order valence-corrected chi connectivity index (χ0v) is 41.0. The molecule has 32 nitrogen and oxygen atoms in total. The first kappa shape index (κ1) is 60.8. The molecule has 0 aromatic rings. The number of aliphatic hydroxyl groups excluding tert-OH is 19. The van der Waals surface area contributed by atoms with Crippen molar-refractivity contribution in [1.82, 2.24) is 0 Å². The van der Waals surface area contributed by atoms with Gasteiger partial charge in [0.25, 0.3) is 0 Å². The van der Waals surface area contributed by atoms with Crippen molar-refractivity contribution >= 4 is 0 Å². The quantitative estimate of drug-likeness (QED) is 0.117. The fourth-order valence-electron chi connectivity index (χ4n) is 11.1. The third-order valence-electron chi connectivity index (χ3n) is 15.5. The van der Waals surface area contributed by atoms with Crippen molar-refractivity contribution in [3.63, 3.8) is 0 Å². The molecule has 21 heterocycles. The lowest BCUT2D eigenvalue weighted by Gasteiger charge is -2.50. The van der Waals surface area contributed by atoms with Crippen LogP contribution in [-0.4, -0.2) is 339 Å². The summed E-state index contributed by atoms with van der Waals surface area (Å²) in [6.45, 7) is -1.82. The van der Waals surface area contributed by atoms with Crippen molar-refractivity contribution in [1.29, 1.82) is 0 Å². The molecule has 14 bridgehead atoms. The maximum Gasteiger partial charge on any atom is 0.187 e. The molecule has 0 aliphatic carbocycles. The van der Waals surface area contributed by atoms with Crippen LogP contribution in [0.15, 0.2) is 0 Å². The first-order chi connectivity index (χ1) is 36.1. The van der Waals surface area contributed by atoms with E-state index in [-0.39, 0.29) is 6.42 Å². The molecule has 0 saturated carbocycles. The average molecular weight is 1120 g/mol. The predicted molar refractivity (Wildman–Crippen MR) is 233 cm³/mol. The van der Waals surface area contributed by atoms with E-state index in [9.17, 15) is 97.0 Å². The molecule has 21 aliphatic rings. The van der Waals surface area contributed by atoms with Gasteiger partial charge in [-0.2, -0.15) is 0 Å². The van der Waals surface area contributed by atoms with Crippen LogP contribution in [0.4, 0.5) is 0 Å². The van der Waals surface area contributed by atoms with Crippen LogP contribution in [0.25, 0.3) is 0 Å². The molecule has 0 spiro atoms. The minimum absolute atomic E-state index is 0.0179. The minimum Gasteiger partial charge on any atom is -0.394 e. The van der Waals surface area contributed by atoms with E-state index in [0.717, 1.165) is 0 Å². The molecular weight excluding hydrogens is 1040 g/mol. The zero-order chi connectivity index (χ0) is 55.3. The summed E-state index contributed by atoms with van der Waals surface area (Å²) in [5.41, 5.74) is 0. The standard InChI is InChI=1S/C44H74O32/c1-3-12-34-22(53)28(59)40(65-12)74-36-15(6-46)67-41(29(60)23(36)54)71-33-10(2)64-13(20(51)21(33)52)4-11-14(5-45)66-39(27(58)19(11)50)73-35-16(7-47)69-43(31(62)25(35)56)76-38-18(9-49)70-44(32(63)26(38)57)75-37-17(8-48)68-42(72-34)30(61)24(37)55/h10-63H,3-9H2,1-2H3. The van der Waals surface area contributed by atoms with Crippen LogP contribution >= 0.6 is 0 Å². The number of rotatable bonds is 6. The highest BCUT2D eigenvalue weighted by Gasteiger charge is 2.59. The second-order valence-electron chi connectivity index (χ2n) is 20.3. The van der Waals surface area contributed by atoms with E-state index < -0.39 is 254 Å². The van der Waals surface area contributed by atoms with Gasteiger partial charge in [0.05, 0.1) is 63.6 Å². The number of hydrogen-bond acceptors (Lipinski definition) is 32. The van der Waals surface area contributed by atoms with Crippen molar-refractivity contribution in [2.75, 3.05) is 33.0 Å². The molecule has 35 unspecified atom stereocenters. The lowest BCUT2D eigenvalue weighted by atomic mass is 9.81. The van der Waals surface area contributed by atoms with E-state index in [1.807, 2.05) is 0 Å². The normalized spacial score (nSPS) is 55.9. The maximum atomic E-state index is 11.4. The molecule has 21 fully saturated rings. The molecule has 0 aromatic carbocycles. The number of aliphatic hydroxyl groups is 19. The Morgan fingerprint density at radius 2 is 0.526 bits per heavy atom. The Morgan fingerprint density at radius 3 is 0.829 bits per heavy atom. The Balaban J connectivity index is 1.07. The van der Waals surface area contributed by atoms with Gasteiger partial charge in [-0.15, -0.1) is 0 Å². The van der Waals surface area contributed by atoms with Crippen molar-refractivity contribution in [3.05, 3.63) is 0 Å². The topological polar surface area (TPSA) is 504 Å². The molecule has 35 atom stereocenters. The summed E-state index contributed by atoms with van der Waals surface area (Å²) in [5, 5.41) is 211. The number of hydrogen-bond donors (Lipinski definition) is 19. The molecule has 442 valence electrons. The van der Waals surface area contributed by atoms with Crippen molar-refractivity contribution in [2.45, 2.75) is 235 Å². The van der Waals surface area contributed by atoms with Crippen molar-refractivity contribution < 1.29 is 159 Å².